The van der Waals surface area contributed by atoms with E-state index in [0.29, 0.717) is 25.9 Å². The first-order valence-electron chi connectivity index (χ1n) is 8.41. The molecule has 0 aliphatic carbocycles. The third-order valence-electron chi connectivity index (χ3n) is 3.90. The van der Waals surface area contributed by atoms with Gasteiger partial charge in [-0.25, -0.2) is 0 Å². The molecule has 1 aromatic rings. The van der Waals surface area contributed by atoms with E-state index in [0.717, 1.165) is 17.0 Å². The Kier molecular flexibility index (Phi) is 7.93. The van der Waals surface area contributed by atoms with Gasteiger partial charge < -0.3 is 20.1 Å². The Morgan fingerprint density at radius 2 is 2.12 bits per heavy atom. The van der Waals surface area contributed by atoms with Crippen molar-refractivity contribution in [2.75, 3.05) is 24.6 Å². The topological polar surface area (TPSA) is 61.8 Å². The summed E-state index contributed by atoms with van der Waals surface area (Å²) in [7, 11) is 0. The number of amides is 1. The molecule has 0 bridgehead atoms. The Morgan fingerprint density at radius 3 is 2.76 bits per heavy atom. The molecular weight excluding hydrogens is 340 g/mol. The van der Waals surface area contributed by atoms with Crippen molar-refractivity contribution in [1.29, 1.82) is 0 Å². The number of rotatable bonds is 7. The Bertz CT molecular complexity index is 599. The number of carbonyl (C=O) groups is 1. The Morgan fingerprint density at radius 1 is 1.40 bits per heavy atom. The number of halogens is 1. The number of nitrogens with zero attached hydrogens (tertiary/aromatic N) is 1. The number of aliphatic hydroxyl groups is 1. The smallest absolute Gasteiger partial charge is 0.227 e. The van der Waals surface area contributed by atoms with Crippen LogP contribution in [-0.4, -0.2) is 42.4 Å². The van der Waals surface area contributed by atoms with Crippen LogP contribution in [0.25, 0.3) is 0 Å². The van der Waals surface area contributed by atoms with Crippen molar-refractivity contribution in [3.8, 4) is 5.75 Å². The minimum Gasteiger partial charge on any atom is -0.490 e. The number of hydrogen-bond acceptors (Lipinski definition) is 4. The molecule has 1 aliphatic heterocycles. The lowest BCUT2D eigenvalue weighted by Crippen LogP contribution is -2.42. The van der Waals surface area contributed by atoms with Crippen LogP contribution in [0, 0.1) is 0 Å². The van der Waals surface area contributed by atoms with Crippen LogP contribution < -0.4 is 15.0 Å². The van der Waals surface area contributed by atoms with Crippen LogP contribution in [0.2, 0.25) is 0 Å². The SMILES string of the molecule is C=CCN1C(=O)CCc2c(OCC(O)CNC(C)(C)C)cccc21.Cl. The first-order valence-corrected chi connectivity index (χ1v) is 8.41. The van der Waals surface area contributed by atoms with E-state index >= 15 is 0 Å². The molecule has 140 valence electrons. The summed E-state index contributed by atoms with van der Waals surface area (Å²) in [5.41, 5.74) is 1.86. The van der Waals surface area contributed by atoms with E-state index in [1.807, 2.05) is 18.2 Å². The van der Waals surface area contributed by atoms with Gasteiger partial charge in [-0.3, -0.25) is 4.79 Å². The van der Waals surface area contributed by atoms with Gasteiger partial charge >= 0.3 is 0 Å². The lowest BCUT2D eigenvalue weighted by molar-refractivity contribution is -0.118. The van der Waals surface area contributed by atoms with Gasteiger partial charge in [-0.05, 0) is 39.3 Å². The van der Waals surface area contributed by atoms with Crippen molar-refractivity contribution in [3.05, 3.63) is 36.4 Å². The van der Waals surface area contributed by atoms with Crippen LogP contribution >= 0.6 is 12.4 Å². The fraction of sp³-hybridized carbons (Fsp3) is 0.526. The summed E-state index contributed by atoms with van der Waals surface area (Å²) in [6.07, 6.45) is 2.26. The molecule has 1 amide bonds. The first kappa shape index (κ1) is 21.5. The molecule has 1 heterocycles. The highest BCUT2D eigenvalue weighted by Gasteiger charge is 2.25. The minimum atomic E-state index is -0.588. The van der Waals surface area contributed by atoms with Crippen molar-refractivity contribution >= 4 is 24.0 Å². The quantitative estimate of drug-likeness (QED) is 0.726. The van der Waals surface area contributed by atoms with Crippen molar-refractivity contribution < 1.29 is 14.6 Å². The second-order valence-electron chi connectivity index (χ2n) is 7.14. The third kappa shape index (κ3) is 6.03. The number of nitrogens with one attached hydrogen (secondary N) is 1. The molecule has 5 nitrogen and oxygen atoms in total. The Hall–Kier alpha value is -1.56. The van der Waals surface area contributed by atoms with Crippen molar-refractivity contribution in [2.45, 2.75) is 45.3 Å². The number of benzene rings is 1. The molecule has 0 fully saturated rings. The van der Waals surface area contributed by atoms with Gasteiger partial charge in [-0.1, -0.05) is 12.1 Å². The van der Waals surface area contributed by atoms with E-state index in [2.05, 4.69) is 32.7 Å². The predicted octanol–water partition coefficient (Wildman–Crippen LogP) is 2.70. The van der Waals surface area contributed by atoms with E-state index in [1.165, 1.54) is 0 Å². The number of β-amino-alcohol motifs (C(OH)–C–C–N with tert-alkyl or cyclic N) is 1. The van der Waals surface area contributed by atoms with E-state index in [1.54, 1.807) is 11.0 Å². The zero-order chi connectivity index (χ0) is 17.7. The van der Waals surface area contributed by atoms with Gasteiger partial charge in [0.05, 0.1) is 5.69 Å². The Balaban J connectivity index is 0.00000312. The summed E-state index contributed by atoms with van der Waals surface area (Å²) < 4.78 is 5.84. The highest BCUT2D eigenvalue weighted by molar-refractivity contribution is 5.97. The number of carbonyl (C=O) groups excluding carboxylic acids is 1. The van der Waals surface area contributed by atoms with Gasteiger partial charge in [-0.2, -0.15) is 0 Å². The summed E-state index contributed by atoms with van der Waals surface area (Å²) in [6.45, 7) is 11.1. The van der Waals surface area contributed by atoms with E-state index in [4.69, 9.17) is 4.74 Å². The highest BCUT2D eigenvalue weighted by Crippen LogP contribution is 2.34. The van der Waals surface area contributed by atoms with Crippen LogP contribution in [0.4, 0.5) is 5.69 Å². The molecule has 2 rings (SSSR count). The molecule has 25 heavy (non-hydrogen) atoms. The van der Waals surface area contributed by atoms with Gasteiger partial charge in [0.1, 0.15) is 18.5 Å². The lowest BCUT2D eigenvalue weighted by Gasteiger charge is -2.30. The Labute approximate surface area is 156 Å². The van der Waals surface area contributed by atoms with Crippen molar-refractivity contribution in [1.82, 2.24) is 5.32 Å². The molecule has 2 N–H and O–H groups in total. The average Bonchev–Trinajstić information content (AvgIpc) is 2.53. The van der Waals surface area contributed by atoms with Crippen LogP contribution in [0.5, 0.6) is 5.75 Å². The standard InChI is InChI=1S/C19H28N2O3.ClH/c1-5-11-21-16-7-6-8-17(15(16)9-10-18(21)23)24-13-14(22)12-20-19(2,3)4;/h5-8,14,20,22H,1,9-13H2,2-4H3;1H. The molecule has 1 atom stereocenters. The molecular formula is C19H29ClN2O3. The fourth-order valence-corrected chi connectivity index (χ4v) is 2.69. The van der Waals surface area contributed by atoms with Crippen molar-refractivity contribution in [2.24, 2.45) is 0 Å². The monoisotopic (exact) mass is 368 g/mol. The molecule has 1 aliphatic rings. The van der Waals surface area contributed by atoms with Crippen LogP contribution in [0.3, 0.4) is 0 Å². The maximum absolute atomic E-state index is 12.1. The molecule has 0 radical (unpaired) electrons. The summed E-state index contributed by atoms with van der Waals surface area (Å²) in [4.78, 5) is 13.8. The maximum Gasteiger partial charge on any atom is 0.227 e. The molecule has 0 aromatic heterocycles. The highest BCUT2D eigenvalue weighted by atomic mass is 35.5. The minimum absolute atomic E-state index is 0. The maximum atomic E-state index is 12.1. The summed E-state index contributed by atoms with van der Waals surface area (Å²) >= 11 is 0. The predicted molar refractivity (Wildman–Crippen MR) is 104 cm³/mol. The zero-order valence-electron chi connectivity index (χ0n) is 15.2. The van der Waals surface area contributed by atoms with Crippen LogP contribution in [0.1, 0.15) is 32.8 Å². The molecule has 0 saturated heterocycles. The number of anilines is 1. The number of hydrogen-bond donors (Lipinski definition) is 2. The molecule has 0 saturated carbocycles. The van der Waals surface area contributed by atoms with Gasteiger partial charge in [-0.15, -0.1) is 19.0 Å². The fourth-order valence-electron chi connectivity index (χ4n) is 2.69. The first-order chi connectivity index (χ1) is 11.3. The number of fused-ring (bicyclic) bond motifs is 1. The normalized spacial score (nSPS) is 15.2. The van der Waals surface area contributed by atoms with Crippen molar-refractivity contribution in [3.63, 3.8) is 0 Å². The second-order valence-corrected chi connectivity index (χ2v) is 7.14. The van der Waals surface area contributed by atoms with E-state index in [9.17, 15) is 9.90 Å². The number of aliphatic hydroxyl groups excluding tert-OH is 1. The summed E-state index contributed by atoms with van der Waals surface area (Å²) in [6, 6.07) is 5.70. The van der Waals surface area contributed by atoms with Crippen LogP contribution in [-0.2, 0) is 11.2 Å². The summed E-state index contributed by atoms with van der Waals surface area (Å²) in [5.74, 6) is 0.845. The van der Waals surface area contributed by atoms with E-state index in [-0.39, 0.29) is 30.5 Å². The van der Waals surface area contributed by atoms with E-state index < -0.39 is 6.10 Å². The average molecular weight is 369 g/mol. The second kappa shape index (κ2) is 9.22. The molecule has 6 heteroatoms. The molecule has 0 spiro atoms. The van der Waals surface area contributed by atoms with Gasteiger partial charge in [0.15, 0.2) is 0 Å². The van der Waals surface area contributed by atoms with Crippen LogP contribution in [0.15, 0.2) is 30.9 Å². The number of ether oxygens (including phenoxy) is 1. The molecule has 1 unspecified atom stereocenters. The molecule has 1 aromatic carbocycles. The summed E-state index contributed by atoms with van der Waals surface area (Å²) in [5, 5.41) is 13.3. The lowest BCUT2D eigenvalue weighted by atomic mass is 10.00. The third-order valence-corrected chi connectivity index (χ3v) is 3.90. The largest absolute Gasteiger partial charge is 0.490 e. The van der Waals surface area contributed by atoms with Gasteiger partial charge in [0, 0.05) is 30.6 Å². The van der Waals surface area contributed by atoms with Gasteiger partial charge in [0.2, 0.25) is 5.91 Å². The zero-order valence-corrected chi connectivity index (χ0v) is 16.1. The van der Waals surface area contributed by atoms with Gasteiger partial charge in [0.25, 0.3) is 0 Å².